The summed E-state index contributed by atoms with van der Waals surface area (Å²) in [7, 11) is 0. The van der Waals surface area contributed by atoms with E-state index in [1.807, 2.05) is 19.9 Å². The van der Waals surface area contributed by atoms with Crippen molar-refractivity contribution >= 4 is 32.9 Å². The van der Waals surface area contributed by atoms with Gasteiger partial charge in [-0.1, -0.05) is 27.7 Å². The van der Waals surface area contributed by atoms with Crippen molar-refractivity contribution in [1.29, 1.82) is 0 Å². The molecule has 5 nitrogen and oxygen atoms in total. The lowest BCUT2D eigenvalue weighted by Gasteiger charge is -2.13. The molecule has 0 aliphatic heterocycles. The van der Waals surface area contributed by atoms with Gasteiger partial charge in [0.1, 0.15) is 17.9 Å². The van der Waals surface area contributed by atoms with E-state index in [2.05, 4.69) is 29.8 Å². The van der Waals surface area contributed by atoms with E-state index < -0.39 is 5.63 Å². The number of esters is 1. The molecule has 136 valence electrons. The Morgan fingerprint density at radius 2 is 1.88 bits per heavy atom. The standard InChI is InChI=1S/C19H23BrO5/c1-11(2)5-18(21)24-10-13-6-19(22)25-16-8-17(23-9-12(3)4)15(20)7-14(13)16/h6-8,11-12H,5,9-10H2,1-4H3. The predicted octanol–water partition coefficient (Wildman–Crippen LogP) is 4.68. The fourth-order valence-corrected chi connectivity index (χ4v) is 2.72. The van der Waals surface area contributed by atoms with Crippen LogP contribution in [0.3, 0.4) is 0 Å². The normalized spacial score (nSPS) is 11.3. The Bertz CT molecular complexity index is 807. The van der Waals surface area contributed by atoms with Crippen molar-refractivity contribution < 1.29 is 18.7 Å². The second kappa shape index (κ2) is 8.52. The van der Waals surface area contributed by atoms with Crippen molar-refractivity contribution in [2.45, 2.75) is 40.7 Å². The first-order valence-corrected chi connectivity index (χ1v) is 9.10. The molecule has 0 amide bonds. The maximum Gasteiger partial charge on any atom is 0.336 e. The van der Waals surface area contributed by atoms with E-state index in [-0.39, 0.29) is 18.5 Å². The molecule has 1 heterocycles. The van der Waals surface area contributed by atoms with Gasteiger partial charge in [0.05, 0.1) is 11.1 Å². The van der Waals surface area contributed by atoms with E-state index in [0.29, 0.717) is 41.2 Å². The number of carbonyl (C=O) groups excluding carboxylic acids is 1. The Morgan fingerprint density at radius 3 is 2.52 bits per heavy atom. The van der Waals surface area contributed by atoms with Crippen molar-refractivity contribution in [3.63, 3.8) is 0 Å². The largest absolute Gasteiger partial charge is 0.492 e. The molecular formula is C19H23BrO5. The van der Waals surface area contributed by atoms with Gasteiger partial charge in [-0.05, 0) is 33.8 Å². The molecule has 0 aliphatic rings. The minimum absolute atomic E-state index is 0.0340. The van der Waals surface area contributed by atoms with Crippen LogP contribution in [0.1, 0.15) is 39.7 Å². The third-order valence-corrected chi connectivity index (χ3v) is 4.04. The topological polar surface area (TPSA) is 65.7 Å². The molecule has 0 saturated heterocycles. The van der Waals surface area contributed by atoms with Crippen LogP contribution in [0.25, 0.3) is 11.0 Å². The summed E-state index contributed by atoms with van der Waals surface area (Å²) in [6.45, 7) is 8.59. The van der Waals surface area contributed by atoms with Crippen molar-refractivity contribution in [3.8, 4) is 5.75 Å². The van der Waals surface area contributed by atoms with Gasteiger partial charge in [0.25, 0.3) is 0 Å². The maximum atomic E-state index is 11.8. The number of fused-ring (bicyclic) bond motifs is 1. The lowest BCUT2D eigenvalue weighted by atomic mass is 10.1. The molecule has 1 aromatic carbocycles. The van der Waals surface area contributed by atoms with Gasteiger partial charge in [0.15, 0.2) is 0 Å². The summed E-state index contributed by atoms with van der Waals surface area (Å²) in [5, 5.41) is 0.709. The van der Waals surface area contributed by atoms with E-state index >= 15 is 0 Å². The SMILES string of the molecule is CC(C)COc1cc2oc(=O)cc(COC(=O)CC(C)C)c2cc1Br. The average molecular weight is 411 g/mol. The number of hydrogen-bond donors (Lipinski definition) is 0. The molecule has 0 aliphatic carbocycles. The summed E-state index contributed by atoms with van der Waals surface area (Å²) in [6.07, 6.45) is 0.344. The fraction of sp³-hybridized carbons (Fsp3) is 0.474. The highest BCUT2D eigenvalue weighted by molar-refractivity contribution is 9.10. The second-order valence-electron chi connectivity index (χ2n) is 6.83. The Labute approximate surface area is 155 Å². The van der Waals surface area contributed by atoms with Gasteiger partial charge in [0, 0.05) is 29.5 Å². The minimum Gasteiger partial charge on any atom is -0.492 e. The van der Waals surface area contributed by atoms with Crippen LogP contribution in [-0.4, -0.2) is 12.6 Å². The predicted molar refractivity (Wildman–Crippen MR) is 99.8 cm³/mol. The van der Waals surface area contributed by atoms with Gasteiger partial charge in [-0.25, -0.2) is 4.79 Å². The molecule has 2 rings (SSSR count). The number of ether oxygens (including phenoxy) is 2. The highest BCUT2D eigenvalue weighted by Crippen LogP contribution is 2.32. The number of benzene rings is 1. The lowest BCUT2D eigenvalue weighted by Crippen LogP contribution is -2.10. The maximum absolute atomic E-state index is 11.8. The van der Waals surface area contributed by atoms with Gasteiger partial charge in [0.2, 0.25) is 0 Å². The lowest BCUT2D eigenvalue weighted by molar-refractivity contribution is -0.145. The van der Waals surface area contributed by atoms with Crippen molar-refractivity contribution in [2.75, 3.05) is 6.61 Å². The van der Waals surface area contributed by atoms with E-state index in [0.717, 1.165) is 4.47 Å². The van der Waals surface area contributed by atoms with E-state index in [1.165, 1.54) is 6.07 Å². The molecule has 0 unspecified atom stereocenters. The first-order valence-electron chi connectivity index (χ1n) is 8.31. The van der Waals surface area contributed by atoms with Gasteiger partial charge >= 0.3 is 11.6 Å². The van der Waals surface area contributed by atoms with Gasteiger partial charge in [-0.3, -0.25) is 4.79 Å². The van der Waals surface area contributed by atoms with Crippen LogP contribution in [0.2, 0.25) is 0 Å². The Kier molecular flexibility index (Phi) is 6.64. The van der Waals surface area contributed by atoms with Crippen LogP contribution in [0.4, 0.5) is 0 Å². The first-order chi connectivity index (χ1) is 11.8. The summed E-state index contributed by atoms with van der Waals surface area (Å²) in [5.74, 6) is 0.923. The van der Waals surface area contributed by atoms with Crippen LogP contribution < -0.4 is 10.4 Å². The van der Waals surface area contributed by atoms with Gasteiger partial charge in [-0.2, -0.15) is 0 Å². The molecule has 2 aromatic rings. The number of halogens is 1. The van der Waals surface area contributed by atoms with Crippen LogP contribution >= 0.6 is 15.9 Å². The smallest absolute Gasteiger partial charge is 0.336 e. The molecule has 1 aromatic heterocycles. The zero-order chi connectivity index (χ0) is 18.6. The van der Waals surface area contributed by atoms with Crippen molar-refractivity contribution in [3.05, 3.63) is 38.7 Å². The molecule has 0 bridgehead atoms. The van der Waals surface area contributed by atoms with Crippen molar-refractivity contribution in [1.82, 2.24) is 0 Å². The molecule has 0 atom stereocenters. The van der Waals surface area contributed by atoms with E-state index in [1.54, 1.807) is 6.07 Å². The van der Waals surface area contributed by atoms with Gasteiger partial charge in [-0.15, -0.1) is 0 Å². The van der Waals surface area contributed by atoms with Crippen LogP contribution in [0.15, 0.2) is 31.9 Å². The van der Waals surface area contributed by atoms with Crippen LogP contribution in [0.5, 0.6) is 5.75 Å². The molecule has 0 N–H and O–H groups in total. The Balaban J connectivity index is 2.30. The Morgan fingerprint density at radius 1 is 1.16 bits per heavy atom. The van der Waals surface area contributed by atoms with E-state index in [4.69, 9.17) is 13.9 Å². The number of rotatable bonds is 7. The molecule has 25 heavy (non-hydrogen) atoms. The third-order valence-electron chi connectivity index (χ3n) is 3.42. The monoisotopic (exact) mass is 410 g/mol. The minimum atomic E-state index is -0.487. The fourth-order valence-electron chi connectivity index (χ4n) is 2.26. The third kappa shape index (κ3) is 5.59. The second-order valence-corrected chi connectivity index (χ2v) is 7.69. The number of carbonyl (C=O) groups is 1. The summed E-state index contributed by atoms with van der Waals surface area (Å²) in [5.41, 5.74) is 0.531. The molecule has 6 heteroatoms. The summed E-state index contributed by atoms with van der Waals surface area (Å²) >= 11 is 3.48. The molecule has 0 spiro atoms. The first kappa shape index (κ1) is 19.5. The number of hydrogen-bond acceptors (Lipinski definition) is 5. The highest BCUT2D eigenvalue weighted by Gasteiger charge is 2.13. The zero-order valence-corrected chi connectivity index (χ0v) is 16.5. The van der Waals surface area contributed by atoms with Crippen molar-refractivity contribution in [2.24, 2.45) is 11.8 Å². The summed E-state index contributed by atoms with van der Waals surface area (Å²) < 4.78 is 17.1. The molecule has 0 saturated carbocycles. The molecule has 0 radical (unpaired) electrons. The summed E-state index contributed by atoms with van der Waals surface area (Å²) in [4.78, 5) is 23.6. The van der Waals surface area contributed by atoms with Crippen LogP contribution in [-0.2, 0) is 16.1 Å². The average Bonchev–Trinajstić information content (AvgIpc) is 2.50. The Hall–Kier alpha value is -1.82. The summed E-state index contributed by atoms with van der Waals surface area (Å²) in [6, 6.07) is 4.86. The van der Waals surface area contributed by atoms with Crippen LogP contribution in [0, 0.1) is 11.8 Å². The molecular weight excluding hydrogens is 388 g/mol. The molecule has 0 fully saturated rings. The highest BCUT2D eigenvalue weighted by atomic mass is 79.9. The van der Waals surface area contributed by atoms with Gasteiger partial charge < -0.3 is 13.9 Å². The van der Waals surface area contributed by atoms with E-state index in [9.17, 15) is 9.59 Å². The quantitative estimate of drug-likeness (QED) is 0.489. The zero-order valence-electron chi connectivity index (χ0n) is 14.9.